The van der Waals surface area contributed by atoms with Crippen LogP contribution in [0.1, 0.15) is 48.2 Å². The van der Waals surface area contributed by atoms with Gasteiger partial charge in [-0.1, -0.05) is 5.16 Å². The predicted octanol–water partition coefficient (Wildman–Crippen LogP) is 5.25. The molecule has 0 saturated carbocycles. The molecule has 2 heterocycles. The van der Waals surface area contributed by atoms with Gasteiger partial charge in [-0.2, -0.15) is 0 Å². The Morgan fingerprint density at radius 3 is 2.69 bits per heavy atom. The SMILES string of the molecule is COc1cc(C(C)=O)ccc1OCCCN1CCC(c2noc3cc(F)ccc23)CC1.Cl. The van der Waals surface area contributed by atoms with Crippen LogP contribution in [0.5, 0.6) is 11.5 Å². The maximum absolute atomic E-state index is 13.4. The normalized spacial score (nSPS) is 14.8. The van der Waals surface area contributed by atoms with Gasteiger partial charge in [-0.25, -0.2) is 4.39 Å². The zero-order valence-electron chi connectivity index (χ0n) is 18.3. The Balaban J connectivity index is 0.00000289. The van der Waals surface area contributed by atoms with Crippen molar-refractivity contribution in [1.82, 2.24) is 10.1 Å². The number of ether oxygens (including phenoxy) is 2. The number of nitrogens with zero attached hydrogens (tertiary/aromatic N) is 2. The number of benzene rings is 2. The van der Waals surface area contributed by atoms with Crippen LogP contribution in [0, 0.1) is 5.82 Å². The highest BCUT2D eigenvalue weighted by Gasteiger charge is 2.25. The molecule has 0 radical (unpaired) electrons. The average molecular weight is 463 g/mol. The van der Waals surface area contributed by atoms with Crippen molar-refractivity contribution in [3.63, 3.8) is 0 Å². The monoisotopic (exact) mass is 462 g/mol. The highest BCUT2D eigenvalue weighted by atomic mass is 35.5. The maximum atomic E-state index is 13.4. The molecule has 0 bridgehead atoms. The Kier molecular flexibility index (Phi) is 8.10. The molecule has 6 nitrogen and oxygen atoms in total. The number of carbonyl (C=O) groups excluding carboxylic acids is 1. The molecule has 172 valence electrons. The first kappa shape index (κ1) is 24.0. The van der Waals surface area contributed by atoms with Crippen molar-refractivity contribution in [3.05, 3.63) is 53.5 Å². The number of hydrogen-bond donors (Lipinski definition) is 0. The maximum Gasteiger partial charge on any atom is 0.170 e. The first-order valence-corrected chi connectivity index (χ1v) is 10.6. The number of halogens is 2. The van der Waals surface area contributed by atoms with Gasteiger partial charge in [-0.3, -0.25) is 4.79 Å². The molecule has 32 heavy (non-hydrogen) atoms. The lowest BCUT2D eigenvalue weighted by molar-refractivity contribution is 0.101. The lowest BCUT2D eigenvalue weighted by Crippen LogP contribution is -2.34. The summed E-state index contributed by atoms with van der Waals surface area (Å²) in [5, 5.41) is 5.13. The number of methoxy groups -OCH3 is 1. The number of carbonyl (C=O) groups is 1. The summed E-state index contributed by atoms with van der Waals surface area (Å²) >= 11 is 0. The molecular weight excluding hydrogens is 435 g/mol. The highest BCUT2D eigenvalue weighted by molar-refractivity contribution is 5.94. The van der Waals surface area contributed by atoms with Gasteiger partial charge < -0.3 is 18.9 Å². The number of Topliss-reactive ketones (excluding diaryl/α,β-unsaturated/α-hetero) is 1. The van der Waals surface area contributed by atoms with Crippen LogP contribution in [0.4, 0.5) is 4.39 Å². The van der Waals surface area contributed by atoms with Crippen molar-refractivity contribution in [2.75, 3.05) is 33.4 Å². The van der Waals surface area contributed by atoms with E-state index in [2.05, 4.69) is 10.1 Å². The Morgan fingerprint density at radius 1 is 1.19 bits per heavy atom. The summed E-state index contributed by atoms with van der Waals surface area (Å²) in [4.78, 5) is 13.9. The number of ketones is 1. The number of rotatable bonds is 8. The lowest BCUT2D eigenvalue weighted by Gasteiger charge is -2.31. The second-order valence-electron chi connectivity index (χ2n) is 7.95. The molecule has 3 aromatic rings. The summed E-state index contributed by atoms with van der Waals surface area (Å²) in [7, 11) is 1.57. The first-order chi connectivity index (χ1) is 15.0. The van der Waals surface area contributed by atoms with Crippen molar-refractivity contribution in [1.29, 1.82) is 0 Å². The predicted molar refractivity (Wildman–Crippen MR) is 123 cm³/mol. The summed E-state index contributed by atoms with van der Waals surface area (Å²) < 4.78 is 29.9. The summed E-state index contributed by atoms with van der Waals surface area (Å²) in [6.45, 7) is 5.03. The van der Waals surface area contributed by atoms with E-state index in [1.165, 1.54) is 19.1 Å². The summed E-state index contributed by atoms with van der Waals surface area (Å²) in [5.74, 6) is 1.26. The van der Waals surface area contributed by atoms with Crippen LogP contribution >= 0.6 is 12.4 Å². The fourth-order valence-corrected chi connectivity index (χ4v) is 4.13. The van der Waals surface area contributed by atoms with Crippen molar-refractivity contribution in [2.24, 2.45) is 0 Å². The highest BCUT2D eigenvalue weighted by Crippen LogP contribution is 2.33. The third-order valence-corrected chi connectivity index (χ3v) is 5.88. The Hall–Kier alpha value is -2.64. The third-order valence-electron chi connectivity index (χ3n) is 5.88. The molecule has 0 amide bonds. The molecule has 1 saturated heterocycles. The zero-order valence-corrected chi connectivity index (χ0v) is 19.1. The molecule has 1 aromatic heterocycles. The van der Waals surface area contributed by atoms with Crippen LogP contribution in [-0.2, 0) is 0 Å². The number of likely N-dealkylation sites (tertiary alicyclic amines) is 1. The van der Waals surface area contributed by atoms with Gasteiger partial charge >= 0.3 is 0 Å². The van der Waals surface area contributed by atoms with Crippen molar-refractivity contribution in [3.8, 4) is 11.5 Å². The second-order valence-corrected chi connectivity index (χ2v) is 7.95. The van der Waals surface area contributed by atoms with Crippen LogP contribution < -0.4 is 9.47 Å². The molecule has 1 fully saturated rings. The van der Waals surface area contributed by atoms with Crippen LogP contribution in [-0.4, -0.2) is 49.2 Å². The van der Waals surface area contributed by atoms with E-state index in [0.29, 0.717) is 35.2 Å². The van der Waals surface area contributed by atoms with E-state index in [4.69, 9.17) is 14.0 Å². The topological polar surface area (TPSA) is 64.8 Å². The summed E-state index contributed by atoms with van der Waals surface area (Å²) in [6, 6.07) is 9.87. The molecule has 2 aromatic carbocycles. The largest absolute Gasteiger partial charge is 0.493 e. The van der Waals surface area contributed by atoms with E-state index in [1.54, 1.807) is 31.4 Å². The van der Waals surface area contributed by atoms with E-state index in [9.17, 15) is 9.18 Å². The Bertz CT molecular complexity index is 1060. The van der Waals surface area contributed by atoms with Crippen molar-refractivity contribution < 1.29 is 23.2 Å². The molecule has 0 aliphatic carbocycles. The fraction of sp³-hybridized carbons (Fsp3) is 0.417. The summed E-state index contributed by atoms with van der Waals surface area (Å²) in [5.41, 5.74) is 2.07. The quantitative estimate of drug-likeness (QED) is 0.336. The number of fused-ring (bicyclic) bond motifs is 1. The van der Waals surface area contributed by atoms with E-state index in [1.807, 2.05) is 0 Å². The van der Waals surface area contributed by atoms with E-state index in [0.717, 1.165) is 50.0 Å². The molecule has 1 aliphatic rings. The van der Waals surface area contributed by atoms with Gasteiger partial charge in [0.15, 0.2) is 22.9 Å². The van der Waals surface area contributed by atoms with Crippen LogP contribution in [0.2, 0.25) is 0 Å². The minimum absolute atomic E-state index is 0. The van der Waals surface area contributed by atoms with Crippen molar-refractivity contribution in [2.45, 2.75) is 32.1 Å². The molecule has 8 heteroatoms. The van der Waals surface area contributed by atoms with Gasteiger partial charge in [0.05, 0.1) is 19.4 Å². The van der Waals surface area contributed by atoms with E-state index >= 15 is 0 Å². The van der Waals surface area contributed by atoms with Gasteiger partial charge in [0.1, 0.15) is 5.82 Å². The lowest BCUT2D eigenvalue weighted by atomic mass is 9.91. The smallest absolute Gasteiger partial charge is 0.170 e. The van der Waals surface area contributed by atoms with Gasteiger partial charge in [-0.15, -0.1) is 12.4 Å². The van der Waals surface area contributed by atoms with Crippen molar-refractivity contribution >= 4 is 29.2 Å². The van der Waals surface area contributed by atoms with Gasteiger partial charge in [0, 0.05) is 29.5 Å². The third kappa shape index (κ3) is 5.40. The molecule has 0 unspecified atom stereocenters. The van der Waals surface area contributed by atoms with Crippen LogP contribution in [0.25, 0.3) is 11.0 Å². The zero-order chi connectivity index (χ0) is 21.8. The Morgan fingerprint density at radius 2 is 1.97 bits per heavy atom. The van der Waals surface area contributed by atoms with Gasteiger partial charge in [0.2, 0.25) is 0 Å². The first-order valence-electron chi connectivity index (χ1n) is 10.6. The Labute approximate surface area is 193 Å². The fourth-order valence-electron chi connectivity index (χ4n) is 4.13. The number of piperidine rings is 1. The molecule has 0 spiro atoms. The van der Waals surface area contributed by atoms with Gasteiger partial charge in [0.25, 0.3) is 0 Å². The summed E-state index contributed by atoms with van der Waals surface area (Å²) in [6.07, 6.45) is 2.90. The molecule has 1 aliphatic heterocycles. The molecule has 0 N–H and O–H groups in total. The molecule has 0 atom stereocenters. The minimum atomic E-state index is -0.306. The van der Waals surface area contributed by atoms with E-state index < -0.39 is 0 Å². The molecule has 4 rings (SSSR count). The van der Waals surface area contributed by atoms with E-state index in [-0.39, 0.29) is 24.0 Å². The number of hydrogen-bond acceptors (Lipinski definition) is 6. The molecular formula is C24H28ClFN2O4. The second kappa shape index (κ2) is 10.8. The van der Waals surface area contributed by atoms with Crippen LogP contribution in [0.15, 0.2) is 40.9 Å². The number of aromatic nitrogens is 1. The standard InChI is InChI=1S/C24H27FN2O4.ClH/c1-16(28)18-4-7-21(23(14-18)29-2)30-13-3-10-27-11-8-17(9-12-27)24-20-6-5-19(25)15-22(20)31-26-24;/h4-7,14-15,17H,3,8-13H2,1-2H3;1H. The van der Waals surface area contributed by atoms with Crippen LogP contribution in [0.3, 0.4) is 0 Å². The van der Waals surface area contributed by atoms with Gasteiger partial charge in [-0.05, 0) is 69.6 Å². The average Bonchev–Trinajstić information content (AvgIpc) is 3.20. The minimum Gasteiger partial charge on any atom is -0.493 e.